The van der Waals surface area contributed by atoms with Crippen molar-refractivity contribution in [2.45, 2.75) is 13.1 Å². The lowest BCUT2D eigenvalue weighted by Gasteiger charge is -2.09. The average molecular weight is 425 g/mol. The minimum Gasteiger partial charge on any atom is -0.383 e. The van der Waals surface area contributed by atoms with E-state index in [4.69, 9.17) is 10.7 Å². The molecule has 5 aromatic rings. The molecule has 3 N–H and O–H groups in total. The van der Waals surface area contributed by atoms with Crippen LogP contribution in [0.15, 0.2) is 79.1 Å². The molecule has 0 bridgehead atoms. The fourth-order valence-corrected chi connectivity index (χ4v) is 3.51. The number of anilines is 2. The Balaban J connectivity index is 1.58. The zero-order chi connectivity index (χ0) is 21.9. The van der Waals surface area contributed by atoms with Gasteiger partial charge in [0.05, 0.1) is 17.6 Å². The third kappa shape index (κ3) is 3.98. The Morgan fingerprint density at radius 3 is 2.44 bits per heavy atom. The summed E-state index contributed by atoms with van der Waals surface area (Å²) in [4.78, 5) is 13.4. The van der Waals surface area contributed by atoms with Crippen molar-refractivity contribution < 1.29 is 4.39 Å². The van der Waals surface area contributed by atoms with Crippen molar-refractivity contribution in [3.8, 4) is 11.3 Å². The summed E-state index contributed by atoms with van der Waals surface area (Å²) in [7, 11) is 0. The number of benzene rings is 2. The number of nitrogens with one attached hydrogen (secondary N) is 1. The molecule has 0 atom stereocenters. The van der Waals surface area contributed by atoms with Crippen LogP contribution in [-0.2, 0) is 13.1 Å². The highest BCUT2D eigenvalue weighted by molar-refractivity contribution is 5.98. The molecule has 32 heavy (non-hydrogen) atoms. The van der Waals surface area contributed by atoms with Crippen LogP contribution in [0.2, 0.25) is 0 Å². The predicted molar refractivity (Wildman–Crippen MR) is 122 cm³/mol. The minimum absolute atomic E-state index is 0.318. The lowest BCUT2D eigenvalue weighted by molar-refractivity contribution is 0.628. The maximum absolute atomic E-state index is 13.5. The summed E-state index contributed by atoms with van der Waals surface area (Å²) in [6.45, 7) is 1.01. The summed E-state index contributed by atoms with van der Waals surface area (Å²) in [5, 5.41) is 8.51. The zero-order valence-electron chi connectivity index (χ0n) is 17.1. The number of nitrogens with two attached hydrogens (primary N) is 1. The third-order valence-corrected chi connectivity index (χ3v) is 5.11. The van der Waals surface area contributed by atoms with Gasteiger partial charge in [0.25, 0.3) is 0 Å². The first-order valence-corrected chi connectivity index (χ1v) is 10.1. The molecule has 5 rings (SSSR count). The molecule has 0 aliphatic heterocycles. The van der Waals surface area contributed by atoms with E-state index in [9.17, 15) is 4.39 Å². The van der Waals surface area contributed by atoms with Gasteiger partial charge in [0.1, 0.15) is 11.6 Å². The number of rotatable bonds is 6. The summed E-state index contributed by atoms with van der Waals surface area (Å²) in [6, 6.07) is 19.9. The summed E-state index contributed by atoms with van der Waals surface area (Å²) in [5.41, 5.74) is 10.4. The maximum atomic E-state index is 13.5. The number of hydrogen-bond acceptors (Lipinski definition) is 6. The molecular weight excluding hydrogens is 405 g/mol. The van der Waals surface area contributed by atoms with Gasteiger partial charge in [-0.1, -0.05) is 36.4 Å². The van der Waals surface area contributed by atoms with Crippen LogP contribution in [0.5, 0.6) is 0 Å². The van der Waals surface area contributed by atoms with Crippen LogP contribution in [0.3, 0.4) is 0 Å². The molecule has 158 valence electrons. The van der Waals surface area contributed by atoms with Crippen LogP contribution in [0.25, 0.3) is 22.3 Å². The highest BCUT2D eigenvalue weighted by Gasteiger charge is 2.18. The van der Waals surface area contributed by atoms with Gasteiger partial charge in [-0.05, 0) is 41.5 Å². The number of fused-ring (bicyclic) bond motifs is 1. The number of nitrogens with zero attached hydrogens (tertiary/aromatic N) is 5. The first-order valence-electron chi connectivity index (χ1n) is 10.1. The first kappa shape index (κ1) is 19.6. The molecular formula is C24H20FN7. The molecule has 0 spiro atoms. The quantitative estimate of drug-likeness (QED) is 0.422. The fraction of sp³-hybridized carbons (Fsp3) is 0.0833. The number of halogens is 1. The predicted octanol–water partition coefficient (Wildman–Crippen LogP) is 4.27. The van der Waals surface area contributed by atoms with Crippen molar-refractivity contribution in [3.05, 3.63) is 96.1 Å². The van der Waals surface area contributed by atoms with Crippen molar-refractivity contribution in [1.29, 1.82) is 0 Å². The molecule has 0 saturated heterocycles. The Morgan fingerprint density at radius 1 is 0.906 bits per heavy atom. The Labute approximate surface area is 183 Å². The summed E-state index contributed by atoms with van der Waals surface area (Å²) in [6.07, 6.45) is 3.50. The van der Waals surface area contributed by atoms with Gasteiger partial charge < -0.3 is 11.1 Å². The van der Waals surface area contributed by atoms with Crippen LogP contribution >= 0.6 is 0 Å². The highest BCUT2D eigenvalue weighted by Crippen LogP contribution is 2.32. The van der Waals surface area contributed by atoms with Crippen LogP contribution in [0.4, 0.5) is 16.2 Å². The number of aromatic nitrogens is 5. The van der Waals surface area contributed by atoms with E-state index in [2.05, 4.69) is 20.4 Å². The lowest BCUT2D eigenvalue weighted by atomic mass is 10.1. The SMILES string of the molecule is Nc1c2c(-c3ccc(F)cc3)nc(NCc3cccnc3)nc2nn1Cc1ccccc1. The first-order chi connectivity index (χ1) is 15.7. The van der Waals surface area contributed by atoms with Gasteiger partial charge in [0.2, 0.25) is 5.95 Å². The lowest BCUT2D eigenvalue weighted by Crippen LogP contribution is -2.05. The topological polar surface area (TPSA) is 94.5 Å². The molecule has 0 aliphatic rings. The van der Waals surface area contributed by atoms with E-state index < -0.39 is 0 Å². The Morgan fingerprint density at radius 2 is 1.69 bits per heavy atom. The maximum Gasteiger partial charge on any atom is 0.225 e. The molecule has 0 unspecified atom stereocenters. The van der Waals surface area contributed by atoms with Crippen LogP contribution in [0, 0.1) is 5.82 Å². The van der Waals surface area contributed by atoms with Crippen LogP contribution < -0.4 is 11.1 Å². The molecule has 8 heteroatoms. The Kier molecular flexibility index (Phi) is 5.17. The van der Waals surface area contributed by atoms with Gasteiger partial charge >= 0.3 is 0 Å². The van der Waals surface area contributed by atoms with Gasteiger partial charge in [0, 0.05) is 24.5 Å². The van der Waals surface area contributed by atoms with Gasteiger partial charge in [-0.25, -0.2) is 14.1 Å². The molecule has 0 aliphatic carbocycles. The van der Waals surface area contributed by atoms with E-state index in [0.717, 1.165) is 16.7 Å². The van der Waals surface area contributed by atoms with Crippen LogP contribution in [-0.4, -0.2) is 24.7 Å². The van der Waals surface area contributed by atoms with Crippen molar-refractivity contribution in [2.24, 2.45) is 0 Å². The normalized spacial score (nSPS) is 11.0. The van der Waals surface area contributed by atoms with E-state index in [-0.39, 0.29) is 5.82 Å². The molecule has 3 heterocycles. The molecule has 0 radical (unpaired) electrons. The van der Waals surface area contributed by atoms with Crippen LogP contribution in [0.1, 0.15) is 11.1 Å². The summed E-state index contributed by atoms with van der Waals surface area (Å²) < 4.78 is 15.3. The largest absolute Gasteiger partial charge is 0.383 e. The van der Waals surface area contributed by atoms with Gasteiger partial charge in [-0.15, -0.1) is 5.10 Å². The van der Waals surface area contributed by atoms with E-state index in [1.165, 1.54) is 12.1 Å². The second kappa shape index (κ2) is 8.43. The van der Waals surface area contributed by atoms with E-state index in [1.54, 1.807) is 29.2 Å². The highest BCUT2D eigenvalue weighted by atomic mass is 19.1. The van der Waals surface area contributed by atoms with Gasteiger partial charge in [0.15, 0.2) is 5.65 Å². The van der Waals surface area contributed by atoms with Crippen molar-refractivity contribution >= 4 is 22.8 Å². The zero-order valence-corrected chi connectivity index (χ0v) is 17.1. The van der Waals surface area contributed by atoms with Crippen molar-refractivity contribution in [2.75, 3.05) is 11.1 Å². The van der Waals surface area contributed by atoms with Gasteiger partial charge in [-0.2, -0.15) is 4.98 Å². The molecule has 2 aromatic carbocycles. The van der Waals surface area contributed by atoms with Crippen molar-refractivity contribution in [3.63, 3.8) is 0 Å². The average Bonchev–Trinajstić information content (AvgIpc) is 3.14. The molecule has 0 saturated carbocycles. The fourth-order valence-electron chi connectivity index (χ4n) is 3.51. The van der Waals surface area contributed by atoms with E-state index in [0.29, 0.717) is 41.6 Å². The number of nitrogen functional groups attached to an aromatic ring is 1. The third-order valence-electron chi connectivity index (χ3n) is 5.11. The van der Waals surface area contributed by atoms with E-state index >= 15 is 0 Å². The van der Waals surface area contributed by atoms with Gasteiger partial charge in [-0.3, -0.25) is 4.98 Å². The Bertz CT molecular complexity index is 1350. The molecule has 0 amide bonds. The molecule has 0 fully saturated rings. The van der Waals surface area contributed by atoms with Crippen molar-refractivity contribution in [1.82, 2.24) is 24.7 Å². The monoisotopic (exact) mass is 425 g/mol. The standard InChI is InChI=1S/C24H20FN7/c25-19-10-8-18(9-11-19)21-20-22(26)32(15-16-5-2-1-3-6-16)31-23(20)30-24(29-21)28-14-17-7-4-12-27-13-17/h1-13H,14-15,26H2,(H,28,30,31). The molecule has 3 aromatic heterocycles. The van der Waals surface area contributed by atoms with E-state index in [1.807, 2.05) is 42.5 Å². The number of hydrogen-bond donors (Lipinski definition) is 2. The smallest absolute Gasteiger partial charge is 0.225 e. The molecule has 7 nitrogen and oxygen atoms in total. The second-order valence-corrected chi connectivity index (χ2v) is 7.34. The Hall–Kier alpha value is -4.33. The second-order valence-electron chi connectivity index (χ2n) is 7.34. The number of pyridine rings is 1. The summed E-state index contributed by atoms with van der Waals surface area (Å²) >= 11 is 0. The minimum atomic E-state index is -0.318. The summed E-state index contributed by atoms with van der Waals surface area (Å²) in [5.74, 6) is 0.550.